The first-order chi connectivity index (χ1) is 9.63. The second-order valence-corrected chi connectivity index (χ2v) is 4.97. The van der Waals surface area contributed by atoms with Crippen LogP contribution in [0.3, 0.4) is 0 Å². The molecule has 0 radical (unpaired) electrons. The van der Waals surface area contributed by atoms with E-state index in [1.54, 1.807) is 30.6 Å². The van der Waals surface area contributed by atoms with Crippen LogP contribution in [0.2, 0.25) is 5.02 Å². The van der Waals surface area contributed by atoms with Crippen molar-refractivity contribution in [2.45, 2.75) is 19.4 Å². The first-order valence-corrected chi connectivity index (χ1v) is 6.89. The summed E-state index contributed by atoms with van der Waals surface area (Å²) in [5.41, 5.74) is 8.39. The van der Waals surface area contributed by atoms with Crippen LogP contribution in [0.4, 0.5) is 10.1 Å². The number of aromatic nitrogens is 1. The molecule has 1 atom stereocenters. The highest BCUT2D eigenvalue weighted by atomic mass is 35.5. The van der Waals surface area contributed by atoms with Gasteiger partial charge in [-0.25, -0.2) is 4.39 Å². The predicted octanol–water partition coefficient (Wildman–Crippen LogP) is 3.55. The highest BCUT2D eigenvalue weighted by Crippen LogP contribution is 2.28. The molecule has 0 saturated heterocycles. The quantitative estimate of drug-likeness (QED) is 0.886. The molecule has 1 heterocycles. The SMILES string of the molecule is CCCNC(c1ccc(F)c(Cl)c1)c1cnccc1N. The van der Waals surface area contributed by atoms with E-state index in [0.717, 1.165) is 24.1 Å². The zero-order chi connectivity index (χ0) is 14.5. The van der Waals surface area contributed by atoms with Gasteiger partial charge in [0.2, 0.25) is 0 Å². The molecule has 0 aliphatic heterocycles. The van der Waals surface area contributed by atoms with E-state index in [0.29, 0.717) is 5.69 Å². The van der Waals surface area contributed by atoms with Gasteiger partial charge in [-0.2, -0.15) is 0 Å². The van der Waals surface area contributed by atoms with Gasteiger partial charge >= 0.3 is 0 Å². The van der Waals surface area contributed by atoms with Gasteiger partial charge in [-0.1, -0.05) is 24.6 Å². The zero-order valence-electron chi connectivity index (χ0n) is 11.2. The Kier molecular flexibility index (Phi) is 4.93. The molecule has 2 rings (SSSR count). The standard InChI is InChI=1S/C15H17ClFN3/c1-2-6-20-15(11-9-19-7-5-14(11)18)10-3-4-13(17)12(16)8-10/h3-5,7-9,15,20H,2,6H2,1H3,(H2,18,19). The largest absolute Gasteiger partial charge is 0.398 e. The van der Waals surface area contributed by atoms with Crippen LogP contribution in [0.5, 0.6) is 0 Å². The number of rotatable bonds is 5. The lowest BCUT2D eigenvalue weighted by Gasteiger charge is -2.21. The van der Waals surface area contributed by atoms with E-state index in [1.165, 1.54) is 6.07 Å². The number of nitrogen functional groups attached to an aromatic ring is 1. The molecule has 1 aromatic heterocycles. The van der Waals surface area contributed by atoms with E-state index < -0.39 is 5.82 Å². The fraction of sp³-hybridized carbons (Fsp3) is 0.267. The van der Waals surface area contributed by atoms with Crippen LogP contribution in [0.15, 0.2) is 36.7 Å². The van der Waals surface area contributed by atoms with Crippen molar-refractivity contribution in [1.82, 2.24) is 10.3 Å². The van der Waals surface area contributed by atoms with Crippen molar-refractivity contribution >= 4 is 17.3 Å². The number of nitrogens with zero attached hydrogens (tertiary/aromatic N) is 1. The molecule has 0 saturated carbocycles. The smallest absolute Gasteiger partial charge is 0.141 e. The molecule has 0 bridgehead atoms. The van der Waals surface area contributed by atoms with E-state index in [4.69, 9.17) is 17.3 Å². The highest BCUT2D eigenvalue weighted by molar-refractivity contribution is 6.30. The van der Waals surface area contributed by atoms with Crippen LogP contribution < -0.4 is 11.1 Å². The number of hydrogen-bond donors (Lipinski definition) is 2. The van der Waals surface area contributed by atoms with Crippen LogP contribution in [0, 0.1) is 5.82 Å². The molecule has 0 aliphatic carbocycles. The summed E-state index contributed by atoms with van der Waals surface area (Å²) in [6, 6.07) is 6.30. The summed E-state index contributed by atoms with van der Waals surface area (Å²) in [5.74, 6) is -0.427. The van der Waals surface area contributed by atoms with Crippen molar-refractivity contribution in [2.24, 2.45) is 0 Å². The molecule has 0 amide bonds. The molecule has 0 spiro atoms. The normalized spacial score (nSPS) is 12.3. The van der Waals surface area contributed by atoms with Gasteiger partial charge in [0.05, 0.1) is 11.1 Å². The van der Waals surface area contributed by atoms with Crippen LogP contribution >= 0.6 is 11.6 Å². The van der Waals surface area contributed by atoms with Crippen LogP contribution in [0.1, 0.15) is 30.5 Å². The molecule has 20 heavy (non-hydrogen) atoms. The van der Waals surface area contributed by atoms with Gasteiger partial charge < -0.3 is 11.1 Å². The summed E-state index contributed by atoms with van der Waals surface area (Å²) >= 11 is 5.87. The minimum Gasteiger partial charge on any atom is -0.398 e. The maximum atomic E-state index is 13.3. The first-order valence-electron chi connectivity index (χ1n) is 6.51. The molecule has 0 aliphatic rings. The Labute approximate surface area is 123 Å². The third kappa shape index (κ3) is 3.26. The second-order valence-electron chi connectivity index (χ2n) is 4.57. The summed E-state index contributed by atoms with van der Waals surface area (Å²) < 4.78 is 13.3. The second kappa shape index (κ2) is 6.68. The molecule has 3 nitrogen and oxygen atoms in total. The Morgan fingerprint density at radius 1 is 1.40 bits per heavy atom. The van der Waals surface area contributed by atoms with Crippen molar-refractivity contribution in [1.29, 1.82) is 0 Å². The number of benzene rings is 1. The summed E-state index contributed by atoms with van der Waals surface area (Å²) in [6.45, 7) is 2.89. The van der Waals surface area contributed by atoms with Gasteiger partial charge in [0.15, 0.2) is 0 Å². The third-order valence-electron chi connectivity index (χ3n) is 3.07. The lowest BCUT2D eigenvalue weighted by molar-refractivity contribution is 0.593. The van der Waals surface area contributed by atoms with Gasteiger partial charge in [-0.15, -0.1) is 0 Å². The lowest BCUT2D eigenvalue weighted by Crippen LogP contribution is -2.24. The van der Waals surface area contributed by atoms with E-state index in [-0.39, 0.29) is 11.1 Å². The number of anilines is 1. The average Bonchev–Trinajstić information content (AvgIpc) is 2.44. The Balaban J connectivity index is 2.41. The number of nitrogens with one attached hydrogen (secondary N) is 1. The summed E-state index contributed by atoms with van der Waals surface area (Å²) in [5, 5.41) is 3.49. The maximum absolute atomic E-state index is 13.3. The molecule has 2 aromatic rings. The van der Waals surface area contributed by atoms with Crippen LogP contribution in [0.25, 0.3) is 0 Å². The average molecular weight is 294 g/mol. The van der Waals surface area contributed by atoms with Crippen molar-refractivity contribution in [2.75, 3.05) is 12.3 Å². The Hall–Kier alpha value is -1.65. The van der Waals surface area contributed by atoms with Gasteiger partial charge in [0.25, 0.3) is 0 Å². The van der Waals surface area contributed by atoms with Gasteiger partial charge in [-0.05, 0) is 36.7 Å². The van der Waals surface area contributed by atoms with Crippen molar-refractivity contribution < 1.29 is 4.39 Å². The summed E-state index contributed by atoms with van der Waals surface area (Å²) in [7, 11) is 0. The zero-order valence-corrected chi connectivity index (χ0v) is 12.0. The molecule has 1 unspecified atom stereocenters. The lowest BCUT2D eigenvalue weighted by atomic mass is 9.98. The third-order valence-corrected chi connectivity index (χ3v) is 3.36. The molecule has 3 N–H and O–H groups in total. The van der Waals surface area contributed by atoms with E-state index in [2.05, 4.69) is 17.2 Å². The van der Waals surface area contributed by atoms with E-state index in [1.807, 2.05) is 0 Å². The molecule has 0 fully saturated rings. The van der Waals surface area contributed by atoms with Crippen molar-refractivity contribution in [3.8, 4) is 0 Å². The summed E-state index contributed by atoms with van der Waals surface area (Å²) in [4.78, 5) is 4.11. The molecular weight excluding hydrogens is 277 g/mol. The first kappa shape index (κ1) is 14.8. The van der Waals surface area contributed by atoms with Crippen LogP contribution in [-0.2, 0) is 0 Å². The highest BCUT2D eigenvalue weighted by Gasteiger charge is 2.17. The van der Waals surface area contributed by atoms with E-state index in [9.17, 15) is 4.39 Å². The maximum Gasteiger partial charge on any atom is 0.141 e. The molecule has 5 heteroatoms. The summed E-state index contributed by atoms with van der Waals surface area (Å²) in [6.07, 6.45) is 4.35. The van der Waals surface area contributed by atoms with E-state index >= 15 is 0 Å². The number of halogens is 2. The Bertz CT molecular complexity index is 589. The monoisotopic (exact) mass is 293 g/mol. The van der Waals surface area contributed by atoms with Crippen molar-refractivity contribution in [3.05, 3.63) is 58.6 Å². The molecule has 1 aromatic carbocycles. The fourth-order valence-corrected chi connectivity index (χ4v) is 2.24. The topological polar surface area (TPSA) is 50.9 Å². The predicted molar refractivity (Wildman–Crippen MR) is 80.2 cm³/mol. The van der Waals surface area contributed by atoms with Gasteiger partial charge in [0, 0.05) is 23.6 Å². The van der Waals surface area contributed by atoms with Crippen LogP contribution in [-0.4, -0.2) is 11.5 Å². The molecule has 106 valence electrons. The number of nitrogens with two attached hydrogens (primary N) is 1. The number of pyridine rings is 1. The van der Waals surface area contributed by atoms with Crippen molar-refractivity contribution in [3.63, 3.8) is 0 Å². The number of hydrogen-bond acceptors (Lipinski definition) is 3. The Morgan fingerprint density at radius 2 is 2.20 bits per heavy atom. The van der Waals surface area contributed by atoms with Gasteiger partial charge in [-0.3, -0.25) is 4.98 Å². The minimum atomic E-state index is -0.427. The van der Waals surface area contributed by atoms with Gasteiger partial charge in [0.1, 0.15) is 5.82 Å². The minimum absolute atomic E-state index is 0.105. The fourth-order valence-electron chi connectivity index (χ4n) is 2.05. The molecular formula is C15H17ClFN3. The Morgan fingerprint density at radius 3 is 2.85 bits per heavy atom.